The number of hydrogen-bond donors (Lipinski definition) is 2. The predicted octanol–water partition coefficient (Wildman–Crippen LogP) is 2.05. The normalized spacial score (nSPS) is 17.2. The first kappa shape index (κ1) is 18.2. The Bertz CT molecular complexity index is 518. The van der Waals surface area contributed by atoms with Gasteiger partial charge in [0.1, 0.15) is 0 Å². The average molecular weight is 358 g/mol. The lowest BCUT2D eigenvalue weighted by molar-refractivity contribution is -0.119. The second-order valence-electron chi connectivity index (χ2n) is 5.25. The number of hydrogen-bond acceptors (Lipinski definition) is 7. The molecule has 1 fully saturated rings. The standard InChI is InChI=1S/C14H22N4O3S2/c1-2-3-6-11(19)16-13-17-18-14(23-13)22-9-12(20)15-8-10-5-4-7-21-10/h10H,2-9H2,1H3,(H,15,20)(H,16,17,19)/t10-/m0/s1. The van der Waals surface area contributed by atoms with Crippen LogP contribution in [0.2, 0.25) is 0 Å². The van der Waals surface area contributed by atoms with Crippen molar-refractivity contribution in [1.29, 1.82) is 0 Å². The summed E-state index contributed by atoms with van der Waals surface area (Å²) in [5, 5.41) is 13.9. The van der Waals surface area contributed by atoms with Crippen molar-refractivity contribution < 1.29 is 14.3 Å². The summed E-state index contributed by atoms with van der Waals surface area (Å²) < 4.78 is 6.12. The Morgan fingerprint density at radius 2 is 2.26 bits per heavy atom. The lowest BCUT2D eigenvalue weighted by atomic mass is 10.2. The van der Waals surface area contributed by atoms with Crippen molar-refractivity contribution >= 4 is 40.0 Å². The molecule has 23 heavy (non-hydrogen) atoms. The summed E-state index contributed by atoms with van der Waals surface area (Å²) >= 11 is 2.60. The highest BCUT2D eigenvalue weighted by atomic mass is 32.2. The van der Waals surface area contributed by atoms with Gasteiger partial charge in [-0.05, 0) is 19.3 Å². The van der Waals surface area contributed by atoms with Crippen LogP contribution in [0.5, 0.6) is 0 Å². The van der Waals surface area contributed by atoms with E-state index in [4.69, 9.17) is 4.74 Å². The zero-order chi connectivity index (χ0) is 16.5. The molecule has 0 aliphatic carbocycles. The van der Waals surface area contributed by atoms with Crippen molar-refractivity contribution in [3.05, 3.63) is 0 Å². The molecule has 2 heterocycles. The Morgan fingerprint density at radius 1 is 1.39 bits per heavy atom. The number of anilines is 1. The van der Waals surface area contributed by atoms with Gasteiger partial charge in [0, 0.05) is 19.6 Å². The van der Waals surface area contributed by atoms with E-state index >= 15 is 0 Å². The highest BCUT2D eigenvalue weighted by Crippen LogP contribution is 2.25. The zero-order valence-electron chi connectivity index (χ0n) is 13.2. The molecule has 0 radical (unpaired) electrons. The van der Waals surface area contributed by atoms with Crippen LogP contribution in [0.1, 0.15) is 39.0 Å². The molecule has 0 aromatic carbocycles. The largest absolute Gasteiger partial charge is 0.376 e. The van der Waals surface area contributed by atoms with E-state index in [9.17, 15) is 9.59 Å². The molecule has 0 saturated carbocycles. The molecular formula is C14H22N4O3S2. The van der Waals surface area contributed by atoms with Gasteiger partial charge in [0.2, 0.25) is 16.9 Å². The molecule has 2 N–H and O–H groups in total. The first-order valence-corrected chi connectivity index (χ1v) is 9.62. The predicted molar refractivity (Wildman–Crippen MR) is 90.8 cm³/mol. The molecule has 1 aliphatic heterocycles. The van der Waals surface area contributed by atoms with E-state index < -0.39 is 0 Å². The SMILES string of the molecule is CCCCC(=O)Nc1nnc(SCC(=O)NC[C@@H]2CCCO2)s1. The molecule has 7 nitrogen and oxygen atoms in total. The van der Waals surface area contributed by atoms with Crippen LogP contribution in [0.4, 0.5) is 5.13 Å². The van der Waals surface area contributed by atoms with E-state index in [0.717, 1.165) is 32.3 Å². The highest BCUT2D eigenvalue weighted by molar-refractivity contribution is 8.01. The van der Waals surface area contributed by atoms with Gasteiger partial charge in [-0.1, -0.05) is 36.4 Å². The topological polar surface area (TPSA) is 93.2 Å². The summed E-state index contributed by atoms with van der Waals surface area (Å²) in [6.07, 6.45) is 4.54. The number of nitrogens with zero attached hydrogens (tertiary/aromatic N) is 2. The summed E-state index contributed by atoms with van der Waals surface area (Å²) in [7, 11) is 0. The van der Waals surface area contributed by atoms with Crippen LogP contribution in [0.3, 0.4) is 0 Å². The number of amides is 2. The summed E-state index contributed by atoms with van der Waals surface area (Å²) in [6.45, 7) is 3.39. The van der Waals surface area contributed by atoms with E-state index in [2.05, 4.69) is 20.8 Å². The van der Waals surface area contributed by atoms with E-state index in [-0.39, 0.29) is 23.7 Å². The second-order valence-corrected chi connectivity index (χ2v) is 7.45. The van der Waals surface area contributed by atoms with Gasteiger partial charge in [0.25, 0.3) is 0 Å². The molecule has 1 saturated heterocycles. The number of rotatable bonds is 9. The first-order chi connectivity index (χ1) is 11.2. The van der Waals surface area contributed by atoms with Crippen LogP contribution in [0, 0.1) is 0 Å². The quantitative estimate of drug-likeness (QED) is 0.518. The third kappa shape index (κ3) is 6.84. The van der Waals surface area contributed by atoms with Gasteiger partial charge in [-0.15, -0.1) is 10.2 Å². The molecule has 2 amide bonds. The van der Waals surface area contributed by atoms with Crippen LogP contribution in [0.15, 0.2) is 4.34 Å². The molecule has 1 atom stereocenters. The molecule has 1 aromatic heterocycles. The first-order valence-electron chi connectivity index (χ1n) is 7.82. The smallest absolute Gasteiger partial charge is 0.230 e. The van der Waals surface area contributed by atoms with Crippen molar-refractivity contribution in [2.75, 3.05) is 24.2 Å². The fourth-order valence-electron chi connectivity index (χ4n) is 2.05. The van der Waals surface area contributed by atoms with Gasteiger partial charge in [-0.3, -0.25) is 9.59 Å². The van der Waals surface area contributed by atoms with Gasteiger partial charge in [0.05, 0.1) is 11.9 Å². The molecule has 2 rings (SSSR count). The van der Waals surface area contributed by atoms with Gasteiger partial charge in [-0.2, -0.15) is 0 Å². The van der Waals surface area contributed by atoms with E-state index in [1.807, 2.05) is 6.92 Å². The lowest BCUT2D eigenvalue weighted by Gasteiger charge is -2.09. The summed E-state index contributed by atoms with van der Waals surface area (Å²) in [4.78, 5) is 23.4. The summed E-state index contributed by atoms with van der Waals surface area (Å²) in [5.74, 6) is 0.189. The van der Waals surface area contributed by atoms with E-state index in [1.165, 1.54) is 23.1 Å². The third-order valence-electron chi connectivity index (χ3n) is 3.29. The number of thioether (sulfide) groups is 1. The van der Waals surface area contributed by atoms with Gasteiger partial charge in [-0.25, -0.2) is 0 Å². The Kier molecular flexibility index (Phi) is 7.77. The zero-order valence-corrected chi connectivity index (χ0v) is 14.8. The van der Waals surface area contributed by atoms with Crippen molar-refractivity contribution in [2.45, 2.75) is 49.5 Å². The van der Waals surface area contributed by atoms with Gasteiger partial charge >= 0.3 is 0 Å². The number of unbranched alkanes of at least 4 members (excludes halogenated alkanes) is 1. The Hall–Kier alpha value is -1.19. The van der Waals surface area contributed by atoms with Crippen molar-refractivity contribution in [2.24, 2.45) is 0 Å². The lowest BCUT2D eigenvalue weighted by Crippen LogP contribution is -2.32. The maximum absolute atomic E-state index is 11.8. The van der Waals surface area contributed by atoms with Crippen LogP contribution >= 0.6 is 23.1 Å². The van der Waals surface area contributed by atoms with Crippen LogP contribution in [-0.4, -0.2) is 47.0 Å². The van der Waals surface area contributed by atoms with E-state index in [0.29, 0.717) is 22.4 Å². The molecule has 0 unspecified atom stereocenters. The molecule has 0 spiro atoms. The molecule has 1 aromatic rings. The number of nitrogens with one attached hydrogen (secondary N) is 2. The number of carbonyl (C=O) groups excluding carboxylic acids is 2. The maximum Gasteiger partial charge on any atom is 0.230 e. The van der Waals surface area contributed by atoms with Crippen molar-refractivity contribution in [1.82, 2.24) is 15.5 Å². The Morgan fingerprint density at radius 3 is 3.00 bits per heavy atom. The monoisotopic (exact) mass is 358 g/mol. The summed E-state index contributed by atoms with van der Waals surface area (Å²) in [5.41, 5.74) is 0. The van der Waals surface area contributed by atoms with Gasteiger partial charge in [0.15, 0.2) is 4.34 Å². The van der Waals surface area contributed by atoms with Crippen LogP contribution in [-0.2, 0) is 14.3 Å². The molecule has 128 valence electrons. The fraction of sp³-hybridized carbons (Fsp3) is 0.714. The molecule has 0 bridgehead atoms. The Labute approximate surface area is 144 Å². The third-order valence-corrected chi connectivity index (χ3v) is 5.26. The minimum Gasteiger partial charge on any atom is -0.376 e. The highest BCUT2D eigenvalue weighted by Gasteiger charge is 2.16. The fourth-order valence-corrected chi connectivity index (χ4v) is 3.65. The minimum absolute atomic E-state index is 0.0470. The average Bonchev–Trinajstić information content (AvgIpc) is 3.20. The van der Waals surface area contributed by atoms with Gasteiger partial charge < -0.3 is 15.4 Å². The van der Waals surface area contributed by atoms with Crippen LogP contribution < -0.4 is 10.6 Å². The van der Waals surface area contributed by atoms with Crippen molar-refractivity contribution in [3.8, 4) is 0 Å². The molecule has 9 heteroatoms. The number of ether oxygens (including phenoxy) is 1. The number of aromatic nitrogens is 2. The second kappa shape index (κ2) is 9.84. The number of carbonyl (C=O) groups is 2. The maximum atomic E-state index is 11.8. The van der Waals surface area contributed by atoms with Crippen molar-refractivity contribution in [3.63, 3.8) is 0 Å². The molecule has 1 aliphatic rings. The molecular weight excluding hydrogens is 336 g/mol. The minimum atomic E-state index is -0.0474. The van der Waals surface area contributed by atoms with E-state index in [1.54, 1.807) is 0 Å². The van der Waals surface area contributed by atoms with Crippen LogP contribution in [0.25, 0.3) is 0 Å². The summed E-state index contributed by atoms with van der Waals surface area (Å²) in [6, 6.07) is 0. The Balaban J connectivity index is 1.65.